The summed E-state index contributed by atoms with van der Waals surface area (Å²) in [6, 6.07) is 4.19. The van der Waals surface area contributed by atoms with Crippen LogP contribution in [0.25, 0.3) is 5.82 Å². The van der Waals surface area contributed by atoms with Crippen molar-refractivity contribution in [2.45, 2.75) is 33.1 Å². The third kappa shape index (κ3) is 2.13. The molecule has 2 aromatic heterocycles. The minimum Gasteiger partial charge on any atom is -0.290 e. The summed E-state index contributed by atoms with van der Waals surface area (Å²) >= 11 is 0. The zero-order chi connectivity index (χ0) is 11.5. The van der Waals surface area contributed by atoms with Gasteiger partial charge in [-0.1, -0.05) is 19.9 Å². The lowest BCUT2D eigenvalue weighted by molar-refractivity contribution is 0.728. The van der Waals surface area contributed by atoms with Crippen LogP contribution in [0.4, 0.5) is 0 Å². The van der Waals surface area contributed by atoms with Crippen LogP contribution in [0, 0.1) is 6.92 Å². The van der Waals surface area contributed by atoms with Gasteiger partial charge in [0.15, 0.2) is 0 Å². The number of hydrogen-bond donors (Lipinski definition) is 0. The van der Waals surface area contributed by atoms with E-state index in [0.717, 1.165) is 17.9 Å². The summed E-state index contributed by atoms with van der Waals surface area (Å²) in [5.41, 5.74) is 2.30. The Labute approximate surface area is 96.2 Å². The molecule has 3 nitrogen and oxygen atoms in total. The van der Waals surface area contributed by atoms with Crippen LogP contribution in [0.1, 0.15) is 37.4 Å². The molecule has 0 spiro atoms. The van der Waals surface area contributed by atoms with E-state index in [1.54, 1.807) is 6.33 Å². The second kappa shape index (κ2) is 4.47. The molecule has 0 saturated heterocycles. The molecular weight excluding hydrogens is 198 g/mol. The Hall–Kier alpha value is -1.64. The predicted octanol–water partition coefficient (Wildman–Crippen LogP) is 3.09. The van der Waals surface area contributed by atoms with Gasteiger partial charge in [0.25, 0.3) is 0 Å². The number of hydrogen-bond acceptors (Lipinski definition) is 2. The molecule has 0 radical (unpaired) electrons. The summed E-state index contributed by atoms with van der Waals surface area (Å²) in [7, 11) is 0. The number of aryl methyl sites for hydroxylation is 1. The van der Waals surface area contributed by atoms with Crippen molar-refractivity contribution in [3.8, 4) is 5.82 Å². The lowest BCUT2D eigenvalue weighted by Crippen LogP contribution is -1.97. The van der Waals surface area contributed by atoms with Gasteiger partial charge in [-0.3, -0.25) is 4.57 Å². The average Bonchev–Trinajstić information content (AvgIpc) is 2.75. The summed E-state index contributed by atoms with van der Waals surface area (Å²) in [4.78, 5) is 8.64. The third-order valence-electron chi connectivity index (χ3n) is 2.93. The van der Waals surface area contributed by atoms with Crippen LogP contribution in [0.2, 0.25) is 0 Å². The molecule has 0 fully saturated rings. The second-order valence-corrected chi connectivity index (χ2v) is 4.18. The molecule has 1 atom stereocenters. The van der Waals surface area contributed by atoms with Crippen molar-refractivity contribution in [3.05, 3.63) is 42.1 Å². The van der Waals surface area contributed by atoms with Crippen LogP contribution in [0.5, 0.6) is 0 Å². The highest BCUT2D eigenvalue weighted by molar-refractivity contribution is 5.27. The van der Waals surface area contributed by atoms with Crippen molar-refractivity contribution in [1.29, 1.82) is 0 Å². The Morgan fingerprint density at radius 3 is 2.62 bits per heavy atom. The molecule has 84 valence electrons. The van der Waals surface area contributed by atoms with Gasteiger partial charge in [0, 0.05) is 12.4 Å². The first-order valence-electron chi connectivity index (χ1n) is 5.67. The van der Waals surface area contributed by atoms with Crippen LogP contribution < -0.4 is 0 Å². The normalized spacial score (nSPS) is 12.7. The molecule has 0 bridgehead atoms. The van der Waals surface area contributed by atoms with Gasteiger partial charge in [-0.15, -0.1) is 0 Å². The van der Waals surface area contributed by atoms with E-state index in [9.17, 15) is 0 Å². The van der Waals surface area contributed by atoms with Gasteiger partial charge in [-0.05, 0) is 30.9 Å². The van der Waals surface area contributed by atoms with E-state index in [1.165, 1.54) is 5.56 Å². The van der Waals surface area contributed by atoms with E-state index in [1.807, 2.05) is 30.0 Å². The lowest BCUT2D eigenvalue weighted by atomic mass is 10.0. The van der Waals surface area contributed by atoms with Gasteiger partial charge in [-0.25, -0.2) is 9.97 Å². The molecule has 0 aliphatic heterocycles. The summed E-state index contributed by atoms with van der Waals surface area (Å²) in [6.45, 7) is 6.39. The van der Waals surface area contributed by atoms with Gasteiger partial charge < -0.3 is 0 Å². The molecular formula is C13H17N3. The molecule has 0 N–H and O–H groups in total. The van der Waals surface area contributed by atoms with Crippen LogP contribution in [0.15, 0.2) is 30.9 Å². The molecule has 0 amide bonds. The maximum atomic E-state index is 4.45. The monoisotopic (exact) mass is 215 g/mol. The molecule has 0 aliphatic rings. The van der Waals surface area contributed by atoms with Gasteiger partial charge in [0.05, 0.1) is 5.69 Å². The first-order valence-corrected chi connectivity index (χ1v) is 5.67. The molecule has 0 saturated carbocycles. The van der Waals surface area contributed by atoms with Crippen molar-refractivity contribution >= 4 is 0 Å². The van der Waals surface area contributed by atoms with Gasteiger partial charge in [-0.2, -0.15) is 0 Å². The van der Waals surface area contributed by atoms with Gasteiger partial charge >= 0.3 is 0 Å². The zero-order valence-electron chi connectivity index (χ0n) is 10.0. The minimum atomic E-state index is 0.575. The Morgan fingerprint density at radius 1 is 1.31 bits per heavy atom. The fraction of sp³-hybridized carbons (Fsp3) is 0.385. The Kier molecular flexibility index (Phi) is 3.04. The maximum absolute atomic E-state index is 4.45. The highest BCUT2D eigenvalue weighted by atomic mass is 15.1. The third-order valence-corrected chi connectivity index (χ3v) is 2.93. The first-order chi connectivity index (χ1) is 7.70. The van der Waals surface area contributed by atoms with Crippen molar-refractivity contribution in [2.75, 3.05) is 0 Å². The minimum absolute atomic E-state index is 0.575. The first kappa shape index (κ1) is 10.9. The molecule has 0 aliphatic carbocycles. The van der Waals surface area contributed by atoms with Crippen LogP contribution in [-0.4, -0.2) is 14.5 Å². The largest absolute Gasteiger partial charge is 0.290 e. The van der Waals surface area contributed by atoms with Crippen molar-refractivity contribution in [1.82, 2.24) is 14.5 Å². The summed E-state index contributed by atoms with van der Waals surface area (Å²) in [6.07, 6.45) is 6.87. The number of aromatic nitrogens is 3. The van der Waals surface area contributed by atoms with Crippen LogP contribution in [-0.2, 0) is 0 Å². The molecule has 2 rings (SSSR count). The molecule has 2 heterocycles. The van der Waals surface area contributed by atoms with E-state index in [4.69, 9.17) is 0 Å². The van der Waals surface area contributed by atoms with Crippen molar-refractivity contribution in [2.24, 2.45) is 0 Å². The fourth-order valence-electron chi connectivity index (χ4n) is 1.62. The van der Waals surface area contributed by atoms with E-state index < -0.39 is 0 Å². The molecule has 16 heavy (non-hydrogen) atoms. The Bertz CT molecular complexity index is 456. The fourth-order valence-corrected chi connectivity index (χ4v) is 1.62. The SMILES string of the molecule is CCC(C)c1ccc(-n2cnc(C)c2)nc1. The van der Waals surface area contributed by atoms with E-state index in [-0.39, 0.29) is 0 Å². The molecule has 0 aromatic carbocycles. The smallest absolute Gasteiger partial charge is 0.137 e. The standard InChI is InChI=1S/C13H17N3/c1-4-10(2)12-5-6-13(14-7-12)16-8-11(3)15-9-16/h5-10H,4H2,1-3H3. The van der Waals surface area contributed by atoms with E-state index in [0.29, 0.717) is 5.92 Å². The quantitative estimate of drug-likeness (QED) is 0.787. The lowest BCUT2D eigenvalue weighted by Gasteiger charge is -2.08. The average molecular weight is 215 g/mol. The number of pyridine rings is 1. The van der Waals surface area contributed by atoms with Crippen LogP contribution in [0.3, 0.4) is 0 Å². The number of imidazole rings is 1. The Balaban J connectivity index is 2.25. The number of nitrogens with zero attached hydrogens (tertiary/aromatic N) is 3. The number of rotatable bonds is 3. The maximum Gasteiger partial charge on any atom is 0.137 e. The summed E-state index contributed by atoms with van der Waals surface area (Å²) in [5.74, 6) is 1.50. The predicted molar refractivity (Wildman–Crippen MR) is 64.8 cm³/mol. The zero-order valence-corrected chi connectivity index (χ0v) is 10.0. The van der Waals surface area contributed by atoms with E-state index >= 15 is 0 Å². The van der Waals surface area contributed by atoms with Gasteiger partial charge in [0.2, 0.25) is 0 Å². The molecule has 3 heteroatoms. The van der Waals surface area contributed by atoms with Crippen molar-refractivity contribution < 1.29 is 0 Å². The Morgan fingerprint density at radius 2 is 2.12 bits per heavy atom. The van der Waals surface area contributed by atoms with E-state index in [2.05, 4.69) is 29.9 Å². The van der Waals surface area contributed by atoms with Crippen LogP contribution >= 0.6 is 0 Å². The topological polar surface area (TPSA) is 30.7 Å². The van der Waals surface area contributed by atoms with Gasteiger partial charge in [0.1, 0.15) is 12.1 Å². The molecule has 1 unspecified atom stereocenters. The summed E-state index contributed by atoms with van der Waals surface area (Å²) in [5, 5.41) is 0. The highest BCUT2D eigenvalue weighted by Crippen LogP contribution is 2.18. The summed E-state index contributed by atoms with van der Waals surface area (Å²) < 4.78 is 1.94. The highest BCUT2D eigenvalue weighted by Gasteiger charge is 2.04. The molecule has 2 aromatic rings. The van der Waals surface area contributed by atoms with Crippen molar-refractivity contribution in [3.63, 3.8) is 0 Å². The second-order valence-electron chi connectivity index (χ2n) is 4.18.